The summed E-state index contributed by atoms with van der Waals surface area (Å²) >= 11 is 5.93. The van der Waals surface area contributed by atoms with Crippen LogP contribution in [0.4, 0.5) is 18.9 Å². The van der Waals surface area contributed by atoms with Gasteiger partial charge in [0.25, 0.3) is 5.56 Å². The number of hydrogen-bond acceptors (Lipinski definition) is 4. The SMILES string of the molecule is Cc1ccc(-n2ncc3c(=O)n(CCC(=O)Nc4cc(C(F)(F)F)ccc4Cl)c(C)nc32)cc1. The van der Waals surface area contributed by atoms with Crippen molar-refractivity contribution in [2.24, 2.45) is 0 Å². The lowest BCUT2D eigenvalue weighted by molar-refractivity contribution is -0.137. The second-order valence-corrected chi connectivity index (χ2v) is 8.14. The first-order valence-electron chi connectivity index (χ1n) is 10.2. The molecule has 0 bridgehead atoms. The maximum Gasteiger partial charge on any atom is 0.416 e. The van der Waals surface area contributed by atoms with E-state index in [2.05, 4.69) is 15.4 Å². The molecule has 2 aromatic carbocycles. The summed E-state index contributed by atoms with van der Waals surface area (Å²) in [7, 11) is 0. The van der Waals surface area contributed by atoms with E-state index < -0.39 is 17.6 Å². The molecule has 2 heterocycles. The number of hydrogen-bond donors (Lipinski definition) is 1. The number of aryl methyl sites for hydroxylation is 2. The lowest BCUT2D eigenvalue weighted by Crippen LogP contribution is -2.26. The Hall–Kier alpha value is -3.66. The quantitative estimate of drug-likeness (QED) is 0.432. The summed E-state index contributed by atoms with van der Waals surface area (Å²) in [5, 5.41) is 6.92. The molecule has 0 saturated carbocycles. The number of nitrogens with one attached hydrogen (secondary N) is 1. The second-order valence-electron chi connectivity index (χ2n) is 7.74. The highest BCUT2D eigenvalue weighted by Gasteiger charge is 2.31. The molecule has 4 aromatic rings. The van der Waals surface area contributed by atoms with E-state index in [4.69, 9.17) is 11.6 Å². The lowest BCUT2D eigenvalue weighted by atomic mass is 10.2. The third-order valence-electron chi connectivity index (χ3n) is 5.29. The first-order valence-corrected chi connectivity index (χ1v) is 10.6. The molecule has 0 radical (unpaired) electrons. The number of anilines is 1. The normalized spacial score (nSPS) is 11.7. The predicted molar refractivity (Wildman–Crippen MR) is 122 cm³/mol. The number of halogens is 4. The largest absolute Gasteiger partial charge is 0.416 e. The monoisotopic (exact) mass is 489 g/mol. The number of rotatable bonds is 5. The first kappa shape index (κ1) is 23.5. The molecular weight excluding hydrogens is 471 g/mol. The summed E-state index contributed by atoms with van der Waals surface area (Å²) in [5.41, 5.74) is 0.768. The summed E-state index contributed by atoms with van der Waals surface area (Å²) in [6, 6.07) is 10.3. The maximum atomic E-state index is 13.0. The molecule has 0 unspecified atom stereocenters. The minimum atomic E-state index is -4.57. The Morgan fingerprint density at radius 2 is 1.82 bits per heavy atom. The van der Waals surface area contributed by atoms with Crippen LogP contribution in [0.5, 0.6) is 0 Å². The van der Waals surface area contributed by atoms with Crippen LogP contribution in [-0.4, -0.2) is 25.2 Å². The highest BCUT2D eigenvalue weighted by molar-refractivity contribution is 6.33. The maximum absolute atomic E-state index is 13.0. The standard InChI is InChI=1S/C23H19ClF3N5O2/c1-13-3-6-16(7-4-13)32-21-17(12-28-32)22(34)31(14(2)29-21)10-9-20(33)30-19-11-15(23(25,26)27)5-8-18(19)24/h3-8,11-12H,9-10H2,1-2H3,(H,30,33). The van der Waals surface area contributed by atoms with Crippen LogP contribution < -0.4 is 10.9 Å². The molecule has 0 aliphatic carbocycles. The van der Waals surface area contributed by atoms with Crippen LogP contribution >= 0.6 is 11.6 Å². The zero-order chi connectivity index (χ0) is 24.6. The summed E-state index contributed by atoms with van der Waals surface area (Å²) in [6.07, 6.45) is -3.33. The van der Waals surface area contributed by atoms with Crippen LogP contribution in [0.25, 0.3) is 16.7 Å². The van der Waals surface area contributed by atoms with Crippen LogP contribution in [0.3, 0.4) is 0 Å². The van der Waals surface area contributed by atoms with E-state index in [1.165, 1.54) is 10.8 Å². The Balaban J connectivity index is 1.55. The van der Waals surface area contributed by atoms with Gasteiger partial charge in [0.15, 0.2) is 5.65 Å². The number of carbonyl (C=O) groups excluding carboxylic acids is 1. The molecule has 1 N–H and O–H groups in total. The Morgan fingerprint density at radius 3 is 2.50 bits per heavy atom. The van der Waals surface area contributed by atoms with Crippen molar-refractivity contribution >= 4 is 34.2 Å². The number of fused-ring (bicyclic) bond motifs is 1. The fraction of sp³-hybridized carbons (Fsp3) is 0.217. The van der Waals surface area contributed by atoms with Crippen LogP contribution in [0, 0.1) is 13.8 Å². The van der Waals surface area contributed by atoms with E-state index in [9.17, 15) is 22.8 Å². The van der Waals surface area contributed by atoms with E-state index >= 15 is 0 Å². The van der Waals surface area contributed by atoms with Crippen molar-refractivity contribution in [2.45, 2.75) is 33.0 Å². The van der Waals surface area contributed by atoms with Crippen molar-refractivity contribution in [1.29, 1.82) is 0 Å². The van der Waals surface area contributed by atoms with E-state index in [1.807, 2.05) is 31.2 Å². The molecule has 11 heteroatoms. The molecule has 0 spiro atoms. The van der Waals surface area contributed by atoms with Gasteiger partial charge in [-0.25, -0.2) is 9.67 Å². The summed E-state index contributed by atoms with van der Waals surface area (Å²) in [6.45, 7) is 3.57. The Morgan fingerprint density at radius 1 is 1.12 bits per heavy atom. The number of aromatic nitrogens is 4. The van der Waals surface area contributed by atoms with Crippen molar-refractivity contribution in [3.8, 4) is 5.69 Å². The van der Waals surface area contributed by atoms with Crippen molar-refractivity contribution < 1.29 is 18.0 Å². The molecular formula is C23H19ClF3N5O2. The average Bonchev–Trinajstić information content (AvgIpc) is 3.18. The van der Waals surface area contributed by atoms with Crippen LogP contribution in [0.1, 0.15) is 23.4 Å². The number of carbonyl (C=O) groups is 1. The topological polar surface area (TPSA) is 81.8 Å². The van der Waals surface area contributed by atoms with Gasteiger partial charge < -0.3 is 5.32 Å². The van der Waals surface area contributed by atoms with Gasteiger partial charge in [-0.1, -0.05) is 29.3 Å². The van der Waals surface area contributed by atoms with Gasteiger partial charge in [-0.3, -0.25) is 14.2 Å². The van der Waals surface area contributed by atoms with E-state index in [0.29, 0.717) is 11.5 Å². The second kappa shape index (κ2) is 8.94. The van der Waals surface area contributed by atoms with Crippen LogP contribution in [-0.2, 0) is 17.5 Å². The molecule has 0 aliphatic rings. The van der Waals surface area contributed by atoms with E-state index in [-0.39, 0.29) is 34.6 Å². The van der Waals surface area contributed by atoms with Gasteiger partial charge in [0.05, 0.1) is 28.2 Å². The third kappa shape index (κ3) is 4.67. The number of nitrogens with zero attached hydrogens (tertiary/aromatic N) is 4. The Bertz CT molecular complexity index is 1440. The molecule has 1 amide bonds. The van der Waals surface area contributed by atoms with Gasteiger partial charge >= 0.3 is 6.18 Å². The average molecular weight is 490 g/mol. The lowest BCUT2D eigenvalue weighted by Gasteiger charge is -2.13. The zero-order valence-electron chi connectivity index (χ0n) is 18.2. The van der Waals surface area contributed by atoms with Gasteiger partial charge in [0.1, 0.15) is 11.2 Å². The molecule has 4 rings (SSSR count). The van der Waals surface area contributed by atoms with Crippen molar-refractivity contribution in [2.75, 3.05) is 5.32 Å². The minimum Gasteiger partial charge on any atom is -0.325 e. The highest BCUT2D eigenvalue weighted by atomic mass is 35.5. The summed E-state index contributed by atoms with van der Waals surface area (Å²) < 4.78 is 41.7. The predicted octanol–water partition coefficient (Wildman–Crippen LogP) is 4.90. The number of benzene rings is 2. The molecule has 0 saturated heterocycles. The molecule has 0 aliphatic heterocycles. The zero-order valence-corrected chi connectivity index (χ0v) is 18.9. The smallest absolute Gasteiger partial charge is 0.325 e. The van der Waals surface area contributed by atoms with Gasteiger partial charge in [-0.15, -0.1) is 0 Å². The first-order chi connectivity index (χ1) is 16.0. The van der Waals surface area contributed by atoms with Crippen molar-refractivity contribution in [3.05, 3.63) is 81.0 Å². The minimum absolute atomic E-state index is 0.0221. The van der Waals surface area contributed by atoms with Crippen LogP contribution in [0.2, 0.25) is 5.02 Å². The van der Waals surface area contributed by atoms with Crippen LogP contribution in [0.15, 0.2) is 53.5 Å². The summed E-state index contributed by atoms with van der Waals surface area (Å²) in [4.78, 5) is 29.9. The van der Waals surface area contributed by atoms with Gasteiger partial charge in [-0.05, 0) is 44.2 Å². The van der Waals surface area contributed by atoms with E-state index in [0.717, 1.165) is 29.4 Å². The number of alkyl halides is 3. The molecule has 176 valence electrons. The number of amides is 1. The molecule has 0 fully saturated rings. The third-order valence-corrected chi connectivity index (χ3v) is 5.62. The van der Waals surface area contributed by atoms with Gasteiger partial charge in [0.2, 0.25) is 5.91 Å². The van der Waals surface area contributed by atoms with Crippen molar-refractivity contribution in [3.63, 3.8) is 0 Å². The molecule has 34 heavy (non-hydrogen) atoms. The summed E-state index contributed by atoms with van der Waals surface area (Å²) in [5.74, 6) is -0.223. The van der Waals surface area contributed by atoms with Gasteiger partial charge in [0, 0.05) is 13.0 Å². The highest BCUT2D eigenvalue weighted by Crippen LogP contribution is 2.33. The van der Waals surface area contributed by atoms with Gasteiger partial charge in [-0.2, -0.15) is 18.3 Å². The molecule has 2 aromatic heterocycles. The Kier molecular flexibility index (Phi) is 6.18. The van der Waals surface area contributed by atoms with Crippen molar-refractivity contribution in [1.82, 2.24) is 19.3 Å². The molecule has 0 atom stereocenters. The van der Waals surface area contributed by atoms with E-state index in [1.54, 1.807) is 11.6 Å². The fourth-order valence-electron chi connectivity index (χ4n) is 3.47. The Labute approximate surface area is 196 Å². The molecule has 7 nitrogen and oxygen atoms in total. The fourth-order valence-corrected chi connectivity index (χ4v) is 3.63.